The standard InChI is InChI=1S/C15H14N4O3/c20-15(16-8-12-9-17-19-18-12)14-11(6-7-21-14)10-22-13-4-2-1-3-5-13/h1-7,9H,8,10H2,(H,16,20)(H,17,18,19). The number of nitrogens with zero attached hydrogens (tertiary/aromatic N) is 2. The minimum Gasteiger partial charge on any atom is -0.489 e. The molecule has 0 saturated carbocycles. The smallest absolute Gasteiger partial charge is 0.287 e. The molecule has 0 atom stereocenters. The average Bonchev–Trinajstić information content (AvgIpc) is 3.23. The molecule has 22 heavy (non-hydrogen) atoms. The normalized spacial score (nSPS) is 10.4. The van der Waals surface area contributed by atoms with Crippen LogP contribution in [-0.4, -0.2) is 21.3 Å². The van der Waals surface area contributed by atoms with Gasteiger partial charge in [0.2, 0.25) is 0 Å². The molecule has 7 nitrogen and oxygen atoms in total. The van der Waals surface area contributed by atoms with Crippen LogP contribution in [0.2, 0.25) is 0 Å². The molecule has 0 saturated heterocycles. The van der Waals surface area contributed by atoms with Crippen molar-refractivity contribution in [3.63, 3.8) is 0 Å². The van der Waals surface area contributed by atoms with Gasteiger partial charge >= 0.3 is 0 Å². The number of rotatable bonds is 6. The predicted molar refractivity (Wildman–Crippen MR) is 77.0 cm³/mol. The Bertz CT molecular complexity index is 722. The highest BCUT2D eigenvalue weighted by Gasteiger charge is 2.16. The van der Waals surface area contributed by atoms with Crippen LogP contribution in [-0.2, 0) is 13.2 Å². The Morgan fingerprint density at radius 1 is 1.27 bits per heavy atom. The van der Waals surface area contributed by atoms with E-state index in [2.05, 4.69) is 20.7 Å². The van der Waals surface area contributed by atoms with Crippen LogP contribution in [0, 0.1) is 0 Å². The van der Waals surface area contributed by atoms with Gasteiger partial charge < -0.3 is 14.5 Å². The summed E-state index contributed by atoms with van der Waals surface area (Å²) >= 11 is 0. The first kappa shape index (κ1) is 13.9. The number of ether oxygens (including phenoxy) is 1. The van der Waals surface area contributed by atoms with E-state index in [-0.39, 0.29) is 24.8 Å². The van der Waals surface area contributed by atoms with Crippen LogP contribution in [0.15, 0.2) is 53.3 Å². The summed E-state index contributed by atoms with van der Waals surface area (Å²) in [5, 5.41) is 12.7. The molecule has 2 aromatic heterocycles. The molecule has 0 fully saturated rings. The third kappa shape index (κ3) is 3.32. The topological polar surface area (TPSA) is 93.0 Å². The van der Waals surface area contributed by atoms with E-state index in [0.717, 1.165) is 5.75 Å². The van der Waals surface area contributed by atoms with Gasteiger partial charge in [0.05, 0.1) is 19.0 Å². The van der Waals surface area contributed by atoms with Crippen molar-refractivity contribution in [1.82, 2.24) is 20.7 Å². The van der Waals surface area contributed by atoms with Crippen LogP contribution in [0.1, 0.15) is 21.8 Å². The van der Waals surface area contributed by atoms with E-state index in [4.69, 9.17) is 9.15 Å². The first-order chi connectivity index (χ1) is 10.8. The highest BCUT2D eigenvalue weighted by molar-refractivity contribution is 5.92. The van der Waals surface area contributed by atoms with Crippen molar-refractivity contribution in [2.24, 2.45) is 0 Å². The minimum atomic E-state index is -0.320. The Morgan fingerprint density at radius 3 is 2.91 bits per heavy atom. The number of carbonyl (C=O) groups excluding carboxylic acids is 1. The second kappa shape index (κ2) is 6.57. The van der Waals surface area contributed by atoms with Crippen molar-refractivity contribution >= 4 is 5.91 Å². The maximum absolute atomic E-state index is 12.1. The van der Waals surface area contributed by atoms with Crippen LogP contribution >= 0.6 is 0 Å². The van der Waals surface area contributed by atoms with Crippen LogP contribution in [0.4, 0.5) is 0 Å². The number of carbonyl (C=O) groups is 1. The van der Waals surface area contributed by atoms with Crippen molar-refractivity contribution in [2.75, 3.05) is 0 Å². The summed E-state index contributed by atoms with van der Waals surface area (Å²) in [6.07, 6.45) is 3.01. The zero-order valence-electron chi connectivity index (χ0n) is 11.7. The van der Waals surface area contributed by atoms with Gasteiger partial charge in [-0.05, 0) is 18.2 Å². The SMILES string of the molecule is O=C(NCc1cn[nH]n1)c1occc1COc1ccccc1. The Kier molecular flexibility index (Phi) is 4.15. The number of para-hydroxylation sites is 1. The maximum atomic E-state index is 12.1. The van der Waals surface area contributed by atoms with Gasteiger partial charge in [0.25, 0.3) is 5.91 Å². The molecule has 2 heterocycles. The lowest BCUT2D eigenvalue weighted by Gasteiger charge is -2.06. The van der Waals surface area contributed by atoms with E-state index >= 15 is 0 Å². The molecular weight excluding hydrogens is 284 g/mol. The van der Waals surface area contributed by atoms with E-state index in [1.165, 1.54) is 6.26 Å². The molecule has 0 spiro atoms. The van der Waals surface area contributed by atoms with Gasteiger partial charge in [-0.15, -0.1) is 0 Å². The second-order valence-corrected chi connectivity index (χ2v) is 4.52. The van der Waals surface area contributed by atoms with E-state index in [0.29, 0.717) is 11.3 Å². The molecule has 0 aliphatic heterocycles. The molecule has 112 valence electrons. The highest BCUT2D eigenvalue weighted by Crippen LogP contribution is 2.15. The molecule has 0 unspecified atom stereocenters. The first-order valence-corrected chi connectivity index (χ1v) is 6.70. The Labute approximate surface area is 126 Å². The maximum Gasteiger partial charge on any atom is 0.287 e. The fraction of sp³-hybridized carbons (Fsp3) is 0.133. The molecule has 1 amide bonds. The summed E-state index contributed by atoms with van der Waals surface area (Å²) < 4.78 is 10.9. The summed E-state index contributed by atoms with van der Waals surface area (Å²) in [7, 11) is 0. The number of furan rings is 1. The molecule has 3 aromatic rings. The lowest BCUT2D eigenvalue weighted by atomic mass is 10.2. The molecule has 2 N–H and O–H groups in total. The summed E-state index contributed by atoms with van der Waals surface area (Å²) in [4.78, 5) is 12.1. The number of nitrogens with one attached hydrogen (secondary N) is 2. The van der Waals surface area contributed by atoms with Crippen LogP contribution in [0.3, 0.4) is 0 Å². The molecule has 0 bridgehead atoms. The predicted octanol–water partition coefficient (Wildman–Crippen LogP) is 1.91. The van der Waals surface area contributed by atoms with Crippen LogP contribution < -0.4 is 10.1 Å². The summed E-state index contributed by atoms with van der Waals surface area (Å²) in [5.74, 6) is 0.650. The number of aromatic nitrogens is 3. The second-order valence-electron chi connectivity index (χ2n) is 4.52. The number of amides is 1. The fourth-order valence-corrected chi connectivity index (χ4v) is 1.89. The lowest BCUT2D eigenvalue weighted by Crippen LogP contribution is -2.23. The summed E-state index contributed by atoms with van der Waals surface area (Å²) in [6, 6.07) is 11.1. The molecule has 7 heteroatoms. The van der Waals surface area contributed by atoms with Gasteiger partial charge in [-0.2, -0.15) is 15.4 Å². The van der Waals surface area contributed by atoms with E-state index in [9.17, 15) is 4.79 Å². The zero-order valence-corrected chi connectivity index (χ0v) is 11.7. The van der Waals surface area contributed by atoms with Gasteiger partial charge in [0.1, 0.15) is 18.1 Å². The van der Waals surface area contributed by atoms with Gasteiger partial charge in [-0.1, -0.05) is 18.2 Å². The average molecular weight is 298 g/mol. The van der Waals surface area contributed by atoms with Gasteiger partial charge in [0, 0.05) is 5.56 Å². The van der Waals surface area contributed by atoms with Crippen LogP contribution in [0.25, 0.3) is 0 Å². The molecule has 3 rings (SSSR count). The van der Waals surface area contributed by atoms with E-state index < -0.39 is 0 Å². The summed E-state index contributed by atoms with van der Waals surface area (Å²) in [6.45, 7) is 0.530. The number of hydrogen-bond donors (Lipinski definition) is 2. The molecule has 1 aromatic carbocycles. The lowest BCUT2D eigenvalue weighted by molar-refractivity contribution is 0.0919. The monoisotopic (exact) mass is 298 g/mol. The van der Waals surface area contributed by atoms with Gasteiger partial charge in [-0.25, -0.2) is 0 Å². The summed E-state index contributed by atoms with van der Waals surface area (Å²) in [5.41, 5.74) is 1.32. The number of H-pyrrole nitrogens is 1. The molecular formula is C15H14N4O3. The van der Waals surface area contributed by atoms with Crippen molar-refractivity contribution < 1.29 is 13.9 Å². The van der Waals surface area contributed by atoms with Crippen molar-refractivity contribution in [3.05, 3.63) is 65.9 Å². The Balaban J connectivity index is 1.60. The van der Waals surface area contributed by atoms with Gasteiger partial charge in [0.15, 0.2) is 5.76 Å². The van der Waals surface area contributed by atoms with Crippen molar-refractivity contribution in [2.45, 2.75) is 13.2 Å². The Morgan fingerprint density at radius 2 is 2.14 bits per heavy atom. The van der Waals surface area contributed by atoms with Crippen molar-refractivity contribution in [3.8, 4) is 5.75 Å². The third-order valence-electron chi connectivity index (χ3n) is 2.99. The quantitative estimate of drug-likeness (QED) is 0.725. The first-order valence-electron chi connectivity index (χ1n) is 6.70. The fourth-order valence-electron chi connectivity index (χ4n) is 1.89. The van der Waals surface area contributed by atoms with Crippen molar-refractivity contribution in [1.29, 1.82) is 0 Å². The van der Waals surface area contributed by atoms with E-state index in [1.54, 1.807) is 12.3 Å². The largest absolute Gasteiger partial charge is 0.489 e. The number of hydrogen-bond acceptors (Lipinski definition) is 5. The third-order valence-corrected chi connectivity index (χ3v) is 2.99. The highest BCUT2D eigenvalue weighted by atomic mass is 16.5. The molecule has 0 radical (unpaired) electrons. The minimum absolute atomic E-state index is 0.236. The molecule has 0 aliphatic rings. The Hall–Kier alpha value is -3.09. The number of aromatic amines is 1. The van der Waals surface area contributed by atoms with Crippen LogP contribution in [0.5, 0.6) is 5.75 Å². The number of benzene rings is 1. The molecule has 0 aliphatic carbocycles. The van der Waals surface area contributed by atoms with Gasteiger partial charge in [-0.3, -0.25) is 4.79 Å². The zero-order chi connectivity index (χ0) is 15.2. The van der Waals surface area contributed by atoms with E-state index in [1.807, 2.05) is 30.3 Å².